The van der Waals surface area contributed by atoms with E-state index in [1.165, 1.54) is 0 Å². The Hall–Kier alpha value is -2.24. The molecule has 22 heavy (non-hydrogen) atoms. The van der Waals surface area contributed by atoms with E-state index < -0.39 is 11.9 Å². The van der Waals surface area contributed by atoms with Crippen molar-refractivity contribution in [1.29, 1.82) is 0 Å². The van der Waals surface area contributed by atoms with Crippen molar-refractivity contribution in [2.24, 2.45) is 5.92 Å². The monoisotopic (exact) mass is 307 g/mol. The van der Waals surface area contributed by atoms with Gasteiger partial charge in [-0.3, -0.25) is 9.59 Å². The molecule has 0 bridgehead atoms. The largest absolute Gasteiger partial charge is 0.490 e. The van der Waals surface area contributed by atoms with Gasteiger partial charge < -0.3 is 19.5 Å². The third-order valence-corrected chi connectivity index (χ3v) is 3.62. The van der Waals surface area contributed by atoms with E-state index in [1.807, 2.05) is 19.1 Å². The van der Waals surface area contributed by atoms with Gasteiger partial charge in [-0.1, -0.05) is 12.1 Å². The highest BCUT2D eigenvalue weighted by atomic mass is 16.5. The van der Waals surface area contributed by atoms with Gasteiger partial charge in [0.1, 0.15) is 0 Å². The number of rotatable bonds is 6. The topological polar surface area (TPSA) is 76.1 Å². The van der Waals surface area contributed by atoms with E-state index in [1.54, 1.807) is 17.0 Å². The van der Waals surface area contributed by atoms with Crippen molar-refractivity contribution < 1.29 is 24.2 Å². The average molecular weight is 307 g/mol. The number of hydrogen-bond acceptors (Lipinski definition) is 4. The van der Waals surface area contributed by atoms with Crippen molar-refractivity contribution in [2.45, 2.75) is 19.8 Å². The highest BCUT2D eigenvalue weighted by molar-refractivity contribution is 5.79. The molecule has 6 nitrogen and oxygen atoms in total. The molecule has 1 saturated heterocycles. The quantitative estimate of drug-likeness (QED) is 0.867. The first kappa shape index (κ1) is 16.1. The first-order valence-corrected chi connectivity index (χ1v) is 7.47. The van der Waals surface area contributed by atoms with Crippen molar-refractivity contribution in [3.8, 4) is 11.5 Å². The number of hydrogen-bond donors (Lipinski definition) is 1. The lowest BCUT2D eigenvalue weighted by atomic mass is 9.98. The summed E-state index contributed by atoms with van der Waals surface area (Å²) in [6.45, 7) is 3.11. The van der Waals surface area contributed by atoms with Crippen molar-refractivity contribution in [3.63, 3.8) is 0 Å². The number of carboxylic acids is 1. The zero-order chi connectivity index (χ0) is 15.9. The second-order valence-electron chi connectivity index (χ2n) is 5.19. The van der Waals surface area contributed by atoms with Crippen molar-refractivity contribution in [1.82, 2.24) is 4.90 Å². The number of likely N-dealkylation sites (tertiary alicyclic amines) is 1. The summed E-state index contributed by atoms with van der Waals surface area (Å²) < 4.78 is 11.0. The molecule has 120 valence electrons. The van der Waals surface area contributed by atoms with E-state index >= 15 is 0 Å². The normalized spacial score (nSPS) is 17.9. The van der Waals surface area contributed by atoms with E-state index in [4.69, 9.17) is 14.6 Å². The molecule has 0 aromatic heterocycles. The molecule has 1 atom stereocenters. The Morgan fingerprint density at radius 3 is 2.59 bits per heavy atom. The van der Waals surface area contributed by atoms with E-state index in [9.17, 15) is 9.59 Å². The van der Waals surface area contributed by atoms with Crippen LogP contribution >= 0.6 is 0 Å². The maximum Gasteiger partial charge on any atom is 0.308 e. The van der Waals surface area contributed by atoms with Gasteiger partial charge in [-0.05, 0) is 31.9 Å². The molecule has 1 heterocycles. The van der Waals surface area contributed by atoms with Gasteiger partial charge in [-0.25, -0.2) is 0 Å². The second-order valence-corrected chi connectivity index (χ2v) is 5.19. The molecule has 0 saturated carbocycles. The number of ether oxygens (including phenoxy) is 2. The molecule has 1 aromatic rings. The van der Waals surface area contributed by atoms with Gasteiger partial charge in [0.2, 0.25) is 0 Å². The number of para-hydroxylation sites is 2. The van der Waals surface area contributed by atoms with Gasteiger partial charge in [0.05, 0.1) is 12.5 Å². The fourth-order valence-electron chi connectivity index (χ4n) is 2.48. The number of aliphatic carboxylic acids is 1. The SMILES string of the molecule is CCOc1ccccc1OCC(=O)N1CCC[C@@H](C(=O)O)C1. The number of nitrogens with zero attached hydrogens (tertiary/aromatic N) is 1. The van der Waals surface area contributed by atoms with Gasteiger partial charge in [0, 0.05) is 13.1 Å². The first-order chi connectivity index (χ1) is 10.6. The van der Waals surface area contributed by atoms with Crippen LogP contribution in [0.15, 0.2) is 24.3 Å². The Labute approximate surface area is 129 Å². The molecule has 1 fully saturated rings. The lowest BCUT2D eigenvalue weighted by molar-refractivity contribution is -0.146. The molecule has 0 unspecified atom stereocenters. The van der Waals surface area contributed by atoms with Gasteiger partial charge >= 0.3 is 5.97 Å². The lowest BCUT2D eigenvalue weighted by Gasteiger charge is -2.30. The zero-order valence-electron chi connectivity index (χ0n) is 12.7. The zero-order valence-corrected chi connectivity index (χ0v) is 12.7. The third-order valence-electron chi connectivity index (χ3n) is 3.62. The van der Waals surface area contributed by atoms with Crippen LogP contribution in [0.4, 0.5) is 0 Å². The predicted molar refractivity (Wildman–Crippen MR) is 80.0 cm³/mol. The van der Waals surface area contributed by atoms with E-state index in [-0.39, 0.29) is 19.1 Å². The van der Waals surface area contributed by atoms with Gasteiger partial charge in [-0.15, -0.1) is 0 Å². The maximum atomic E-state index is 12.2. The second kappa shape index (κ2) is 7.68. The fourth-order valence-corrected chi connectivity index (χ4v) is 2.48. The van der Waals surface area contributed by atoms with Crippen LogP contribution in [0, 0.1) is 5.92 Å². The van der Waals surface area contributed by atoms with Crippen LogP contribution in [0.5, 0.6) is 11.5 Å². The Balaban J connectivity index is 1.91. The van der Waals surface area contributed by atoms with Gasteiger partial charge in [0.15, 0.2) is 18.1 Å². The van der Waals surface area contributed by atoms with Gasteiger partial charge in [-0.2, -0.15) is 0 Å². The number of amides is 1. The molecular formula is C16H21NO5. The first-order valence-electron chi connectivity index (χ1n) is 7.47. The number of carbonyl (C=O) groups excluding carboxylic acids is 1. The fraction of sp³-hybridized carbons (Fsp3) is 0.500. The molecule has 0 spiro atoms. The maximum absolute atomic E-state index is 12.2. The number of carboxylic acid groups (broad SMARTS) is 1. The van der Waals surface area contributed by atoms with Crippen molar-refractivity contribution in [3.05, 3.63) is 24.3 Å². The van der Waals surface area contributed by atoms with Crippen LogP contribution in [0.2, 0.25) is 0 Å². The van der Waals surface area contributed by atoms with E-state index in [0.29, 0.717) is 37.5 Å². The van der Waals surface area contributed by atoms with Crippen molar-refractivity contribution in [2.75, 3.05) is 26.3 Å². The minimum absolute atomic E-state index is 0.115. The molecule has 6 heteroatoms. The highest BCUT2D eigenvalue weighted by Crippen LogP contribution is 2.26. The number of piperidine rings is 1. The van der Waals surface area contributed by atoms with Gasteiger partial charge in [0.25, 0.3) is 5.91 Å². The summed E-state index contributed by atoms with van der Waals surface area (Å²) in [5.74, 6) is -0.407. The summed E-state index contributed by atoms with van der Waals surface area (Å²) in [6.07, 6.45) is 1.32. The molecule has 0 radical (unpaired) electrons. The smallest absolute Gasteiger partial charge is 0.308 e. The van der Waals surface area contributed by atoms with Crippen LogP contribution in [-0.2, 0) is 9.59 Å². The Morgan fingerprint density at radius 2 is 1.95 bits per heavy atom. The molecule has 0 aliphatic carbocycles. The van der Waals surface area contributed by atoms with E-state index in [2.05, 4.69) is 0 Å². The molecular weight excluding hydrogens is 286 g/mol. The molecule has 2 rings (SSSR count). The summed E-state index contributed by atoms with van der Waals surface area (Å²) in [5, 5.41) is 9.06. The third kappa shape index (κ3) is 4.13. The summed E-state index contributed by atoms with van der Waals surface area (Å²) in [6, 6.07) is 7.17. The Kier molecular flexibility index (Phi) is 5.63. The lowest BCUT2D eigenvalue weighted by Crippen LogP contribution is -2.44. The Bertz CT molecular complexity index is 531. The van der Waals surface area contributed by atoms with Crippen LogP contribution in [0.25, 0.3) is 0 Å². The summed E-state index contributed by atoms with van der Waals surface area (Å²) in [4.78, 5) is 24.8. The van der Waals surface area contributed by atoms with Crippen LogP contribution in [0.3, 0.4) is 0 Å². The summed E-state index contributed by atoms with van der Waals surface area (Å²) in [5.41, 5.74) is 0. The molecule has 1 N–H and O–H groups in total. The molecule has 1 aromatic carbocycles. The van der Waals surface area contributed by atoms with Crippen LogP contribution in [-0.4, -0.2) is 48.2 Å². The van der Waals surface area contributed by atoms with Crippen LogP contribution in [0.1, 0.15) is 19.8 Å². The highest BCUT2D eigenvalue weighted by Gasteiger charge is 2.28. The number of benzene rings is 1. The van der Waals surface area contributed by atoms with Crippen LogP contribution < -0.4 is 9.47 Å². The summed E-state index contributed by atoms with van der Waals surface area (Å²) in [7, 11) is 0. The standard InChI is InChI=1S/C16H21NO5/c1-2-21-13-7-3-4-8-14(13)22-11-15(18)17-9-5-6-12(10-17)16(19)20/h3-4,7-8,12H,2,5-6,9-11H2,1H3,(H,19,20)/t12-/m1/s1. The summed E-state index contributed by atoms with van der Waals surface area (Å²) >= 11 is 0. The minimum atomic E-state index is -0.847. The predicted octanol–water partition coefficient (Wildman–Crippen LogP) is 1.79. The van der Waals surface area contributed by atoms with Crippen molar-refractivity contribution >= 4 is 11.9 Å². The minimum Gasteiger partial charge on any atom is -0.490 e. The average Bonchev–Trinajstić information content (AvgIpc) is 2.54. The molecule has 1 amide bonds. The number of carbonyl (C=O) groups is 2. The molecule has 1 aliphatic rings. The molecule has 1 aliphatic heterocycles. The van der Waals surface area contributed by atoms with E-state index in [0.717, 1.165) is 0 Å². The Morgan fingerprint density at radius 1 is 1.27 bits per heavy atom.